The number of hydrogen-bond donors (Lipinski definition) is 0. The first kappa shape index (κ1) is 15.5. The Kier molecular flexibility index (Phi) is 4.97. The predicted molar refractivity (Wildman–Crippen MR) is 67.3 cm³/mol. The molecule has 19 heavy (non-hydrogen) atoms. The van der Waals surface area contributed by atoms with E-state index < -0.39 is 23.4 Å². The molecule has 106 valence electrons. The number of halogens is 3. The van der Waals surface area contributed by atoms with Crippen molar-refractivity contribution in [2.75, 3.05) is 7.05 Å². The van der Waals surface area contributed by atoms with Crippen LogP contribution in [0, 0.1) is 23.4 Å². The predicted octanol–water partition coefficient (Wildman–Crippen LogP) is 3.61. The van der Waals surface area contributed by atoms with Crippen LogP contribution >= 0.6 is 0 Å². The second-order valence-electron chi connectivity index (χ2n) is 5.15. The van der Waals surface area contributed by atoms with Gasteiger partial charge in [0, 0.05) is 18.7 Å². The van der Waals surface area contributed by atoms with Crippen molar-refractivity contribution in [2.24, 2.45) is 5.92 Å². The van der Waals surface area contributed by atoms with Crippen molar-refractivity contribution in [1.29, 1.82) is 0 Å². The molecule has 0 aromatic heterocycles. The van der Waals surface area contributed by atoms with Crippen LogP contribution < -0.4 is 0 Å². The highest BCUT2D eigenvalue weighted by molar-refractivity contribution is 5.94. The van der Waals surface area contributed by atoms with Crippen LogP contribution in [0.1, 0.15) is 37.6 Å². The minimum absolute atomic E-state index is 0.0660. The Morgan fingerprint density at radius 1 is 1.16 bits per heavy atom. The molecular weight excluding hydrogens is 255 g/mol. The van der Waals surface area contributed by atoms with Crippen molar-refractivity contribution in [3.8, 4) is 0 Å². The molecule has 0 saturated heterocycles. The van der Waals surface area contributed by atoms with Gasteiger partial charge >= 0.3 is 0 Å². The van der Waals surface area contributed by atoms with E-state index >= 15 is 0 Å². The fraction of sp³-hybridized carbons (Fsp3) is 0.500. The van der Waals surface area contributed by atoms with E-state index in [1.54, 1.807) is 7.05 Å². The lowest BCUT2D eigenvalue weighted by Crippen LogP contribution is -2.36. The van der Waals surface area contributed by atoms with Gasteiger partial charge in [0.25, 0.3) is 5.91 Å². The van der Waals surface area contributed by atoms with Crippen LogP contribution in [-0.4, -0.2) is 23.9 Å². The lowest BCUT2D eigenvalue weighted by molar-refractivity contribution is 0.0727. The molecule has 0 spiro atoms. The van der Waals surface area contributed by atoms with Gasteiger partial charge in [-0.05, 0) is 31.4 Å². The molecule has 0 saturated carbocycles. The molecule has 1 unspecified atom stereocenters. The third-order valence-corrected chi connectivity index (χ3v) is 3.02. The first-order valence-electron chi connectivity index (χ1n) is 6.15. The lowest BCUT2D eigenvalue weighted by Gasteiger charge is -2.26. The zero-order chi connectivity index (χ0) is 14.7. The van der Waals surface area contributed by atoms with Crippen LogP contribution in [0.2, 0.25) is 0 Å². The van der Waals surface area contributed by atoms with Crippen molar-refractivity contribution < 1.29 is 18.0 Å². The van der Waals surface area contributed by atoms with E-state index in [9.17, 15) is 18.0 Å². The van der Waals surface area contributed by atoms with Gasteiger partial charge in [-0.1, -0.05) is 13.8 Å². The van der Waals surface area contributed by atoms with E-state index in [4.69, 9.17) is 0 Å². The molecule has 0 fully saturated rings. The summed E-state index contributed by atoms with van der Waals surface area (Å²) in [5.41, 5.74) is -0.186. The summed E-state index contributed by atoms with van der Waals surface area (Å²) in [6.45, 7) is 5.90. The normalized spacial score (nSPS) is 12.6. The van der Waals surface area contributed by atoms with E-state index in [1.807, 2.05) is 20.8 Å². The molecule has 1 aromatic rings. The number of hydrogen-bond acceptors (Lipinski definition) is 1. The first-order valence-corrected chi connectivity index (χ1v) is 6.15. The molecule has 0 heterocycles. The van der Waals surface area contributed by atoms with E-state index in [2.05, 4.69) is 0 Å². The SMILES string of the molecule is CC(C)CC(C)N(C)C(=O)c1cc(F)c(F)c(F)c1. The maximum absolute atomic E-state index is 13.1. The highest BCUT2D eigenvalue weighted by Crippen LogP contribution is 2.17. The molecule has 1 amide bonds. The van der Waals surface area contributed by atoms with Crippen molar-refractivity contribution in [2.45, 2.75) is 33.2 Å². The molecule has 0 aliphatic rings. The smallest absolute Gasteiger partial charge is 0.254 e. The van der Waals surface area contributed by atoms with Gasteiger partial charge in [-0.2, -0.15) is 0 Å². The number of carbonyl (C=O) groups excluding carboxylic acids is 1. The van der Waals surface area contributed by atoms with Crippen LogP contribution in [0.25, 0.3) is 0 Å². The average molecular weight is 273 g/mol. The maximum Gasteiger partial charge on any atom is 0.254 e. The summed E-state index contributed by atoms with van der Waals surface area (Å²) in [7, 11) is 1.56. The zero-order valence-corrected chi connectivity index (χ0v) is 11.5. The molecule has 0 aliphatic heterocycles. The summed E-state index contributed by atoms with van der Waals surface area (Å²) in [5.74, 6) is -4.39. The molecule has 0 aliphatic carbocycles. The summed E-state index contributed by atoms with van der Waals surface area (Å²) < 4.78 is 39.0. The number of amides is 1. The third kappa shape index (κ3) is 3.72. The Bertz CT molecular complexity index is 451. The van der Waals surface area contributed by atoms with Gasteiger partial charge in [0.1, 0.15) is 0 Å². The quantitative estimate of drug-likeness (QED) is 0.767. The number of rotatable bonds is 4. The highest BCUT2D eigenvalue weighted by Gasteiger charge is 2.21. The van der Waals surface area contributed by atoms with Crippen molar-refractivity contribution in [1.82, 2.24) is 4.90 Å². The van der Waals surface area contributed by atoms with Gasteiger partial charge in [-0.3, -0.25) is 4.79 Å². The van der Waals surface area contributed by atoms with Gasteiger partial charge in [0.2, 0.25) is 0 Å². The Balaban J connectivity index is 2.94. The summed E-state index contributed by atoms with van der Waals surface area (Å²) >= 11 is 0. The first-order chi connectivity index (χ1) is 8.73. The summed E-state index contributed by atoms with van der Waals surface area (Å²) in [6.07, 6.45) is 0.772. The Morgan fingerprint density at radius 3 is 2.05 bits per heavy atom. The van der Waals surface area contributed by atoms with Gasteiger partial charge in [-0.15, -0.1) is 0 Å². The number of nitrogens with zero attached hydrogens (tertiary/aromatic N) is 1. The summed E-state index contributed by atoms with van der Waals surface area (Å²) in [4.78, 5) is 13.5. The van der Waals surface area contributed by atoms with Crippen molar-refractivity contribution in [3.63, 3.8) is 0 Å². The highest BCUT2D eigenvalue weighted by atomic mass is 19.2. The van der Waals surface area contributed by atoms with Gasteiger partial charge in [-0.25, -0.2) is 13.2 Å². The largest absolute Gasteiger partial charge is 0.339 e. The summed E-state index contributed by atoms with van der Waals surface area (Å²) in [5, 5.41) is 0. The van der Waals surface area contributed by atoms with Crippen molar-refractivity contribution in [3.05, 3.63) is 35.1 Å². The molecule has 1 atom stereocenters. The minimum Gasteiger partial charge on any atom is -0.339 e. The summed E-state index contributed by atoms with van der Waals surface area (Å²) in [6, 6.07) is 1.38. The van der Waals surface area contributed by atoms with Gasteiger partial charge in [0.05, 0.1) is 0 Å². The maximum atomic E-state index is 13.1. The average Bonchev–Trinajstić information content (AvgIpc) is 2.32. The fourth-order valence-corrected chi connectivity index (χ4v) is 1.92. The Labute approximate surface area is 111 Å². The second kappa shape index (κ2) is 6.08. The fourth-order valence-electron chi connectivity index (χ4n) is 1.92. The Hall–Kier alpha value is -1.52. The van der Waals surface area contributed by atoms with Crippen LogP contribution in [0.5, 0.6) is 0 Å². The van der Waals surface area contributed by atoms with E-state index in [0.717, 1.165) is 18.6 Å². The molecule has 2 nitrogen and oxygen atoms in total. The standard InChI is InChI=1S/C14H18F3NO/c1-8(2)5-9(3)18(4)14(19)10-6-11(15)13(17)12(16)7-10/h6-9H,5H2,1-4H3. The molecule has 1 aromatic carbocycles. The number of carbonyl (C=O) groups is 1. The Morgan fingerprint density at radius 2 is 1.63 bits per heavy atom. The monoisotopic (exact) mass is 273 g/mol. The van der Waals surface area contributed by atoms with Gasteiger partial charge < -0.3 is 4.90 Å². The number of benzene rings is 1. The van der Waals surface area contributed by atoms with Crippen LogP contribution in [0.3, 0.4) is 0 Å². The molecule has 0 N–H and O–H groups in total. The third-order valence-electron chi connectivity index (χ3n) is 3.02. The molecule has 0 radical (unpaired) electrons. The lowest BCUT2D eigenvalue weighted by atomic mass is 10.0. The van der Waals surface area contributed by atoms with Gasteiger partial charge in [0.15, 0.2) is 17.5 Å². The minimum atomic E-state index is -1.56. The van der Waals surface area contributed by atoms with E-state index in [-0.39, 0.29) is 11.6 Å². The molecular formula is C14H18F3NO. The van der Waals surface area contributed by atoms with E-state index in [0.29, 0.717) is 5.92 Å². The molecule has 1 rings (SSSR count). The molecule has 0 bridgehead atoms. The van der Waals surface area contributed by atoms with Crippen LogP contribution in [0.4, 0.5) is 13.2 Å². The van der Waals surface area contributed by atoms with Crippen molar-refractivity contribution >= 4 is 5.91 Å². The second-order valence-corrected chi connectivity index (χ2v) is 5.15. The zero-order valence-electron chi connectivity index (χ0n) is 11.5. The van der Waals surface area contributed by atoms with Crippen LogP contribution in [0.15, 0.2) is 12.1 Å². The topological polar surface area (TPSA) is 20.3 Å². The van der Waals surface area contributed by atoms with Crippen LogP contribution in [-0.2, 0) is 0 Å². The van der Waals surface area contributed by atoms with E-state index in [1.165, 1.54) is 4.90 Å². The molecule has 5 heteroatoms.